The topological polar surface area (TPSA) is 47.9 Å². The van der Waals surface area contributed by atoms with Gasteiger partial charge in [-0.1, -0.05) is 25.0 Å². The van der Waals surface area contributed by atoms with E-state index < -0.39 is 0 Å². The van der Waals surface area contributed by atoms with Crippen molar-refractivity contribution in [3.63, 3.8) is 0 Å². The normalized spacial score (nSPS) is 22.5. The van der Waals surface area contributed by atoms with Gasteiger partial charge >= 0.3 is 0 Å². The van der Waals surface area contributed by atoms with Crippen LogP contribution < -0.4 is 10.2 Å². The van der Waals surface area contributed by atoms with Crippen LogP contribution in [0.2, 0.25) is 0 Å². The monoisotopic (exact) mass is 375 g/mol. The van der Waals surface area contributed by atoms with E-state index in [1.807, 2.05) is 12.1 Å². The summed E-state index contributed by atoms with van der Waals surface area (Å²) in [6.07, 6.45) is 8.96. The molecule has 0 aromatic heterocycles. The number of nitrogens with zero attached hydrogens (tertiary/aromatic N) is 2. The van der Waals surface area contributed by atoms with Crippen molar-refractivity contribution >= 4 is 22.8 Å². The molecule has 3 aliphatic rings. The van der Waals surface area contributed by atoms with Crippen molar-refractivity contribution in [2.75, 3.05) is 23.3 Å². The largest absolute Gasteiger partial charge is 0.508 e. The first kappa shape index (κ1) is 17.6. The van der Waals surface area contributed by atoms with Gasteiger partial charge in [0.15, 0.2) is 0 Å². The molecule has 2 aromatic rings. The lowest BCUT2D eigenvalue weighted by Gasteiger charge is -2.46. The Bertz CT molecular complexity index is 868. The summed E-state index contributed by atoms with van der Waals surface area (Å²) in [5.74, 6) is 0.916. The lowest BCUT2D eigenvalue weighted by Crippen LogP contribution is -2.54. The van der Waals surface area contributed by atoms with E-state index in [2.05, 4.69) is 34.5 Å². The Hall–Kier alpha value is -2.49. The van der Waals surface area contributed by atoms with Gasteiger partial charge in [-0.05, 0) is 68.5 Å². The van der Waals surface area contributed by atoms with E-state index in [1.165, 1.54) is 56.3 Å². The summed E-state index contributed by atoms with van der Waals surface area (Å²) in [6, 6.07) is 16.1. The molecule has 1 unspecified atom stereocenters. The van der Waals surface area contributed by atoms with E-state index in [9.17, 15) is 5.11 Å². The van der Waals surface area contributed by atoms with Gasteiger partial charge in [-0.2, -0.15) is 0 Å². The molecule has 0 amide bonds. The Labute approximate surface area is 167 Å². The van der Waals surface area contributed by atoms with Crippen molar-refractivity contribution in [3.8, 4) is 5.75 Å². The summed E-state index contributed by atoms with van der Waals surface area (Å²) in [5.41, 5.74) is 5.19. The quantitative estimate of drug-likeness (QED) is 0.693. The molecule has 2 aliphatic carbocycles. The van der Waals surface area contributed by atoms with Crippen molar-refractivity contribution in [1.29, 1.82) is 0 Å². The van der Waals surface area contributed by atoms with Crippen molar-refractivity contribution in [3.05, 3.63) is 48.5 Å². The molecule has 5 rings (SSSR count). The van der Waals surface area contributed by atoms with Gasteiger partial charge in [0.1, 0.15) is 5.75 Å². The number of benzene rings is 2. The first-order valence-electron chi connectivity index (χ1n) is 10.7. The van der Waals surface area contributed by atoms with E-state index >= 15 is 0 Å². The maximum atomic E-state index is 9.50. The molecule has 0 radical (unpaired) electrons. The minimum atomic E-state index is 0.235. The van der Waals surface area contributed by atoms with Gasteiger partial charge < -0.3 is 15.3 Å². The van der Waals surface area contributed by atoms with Crippen LogP contribution in [0.3, 0.4) is 0 Å². The second-order valence-corrected chi connectivity index (χ2v) is 8.47. The molecule has 4 nitrogen and oxygen atoms in total. The molecule has 2 fully saturated rings. The van der Waals surface area contributed by atoms with Gasteiger partial charge in [-0.15, -0.1) is 0 Å². The molecular weight excluding hydrogens is 346 g/mol. The third kappa shape index (κ3) is 2.95. The minimum Gasteiger partial charge on any atom is -0.508 e. The number of fused-ring (bicyclic) bond motifs is 3. The number of hydrogen-bond acceptors (Lipinski definition) is 4. The predicted molar refractivity (Wildman–Crippen MR) is 116 cm³/mol. The van der Waals surface area contributed by atoms with E-state index in [0.717, 1.165) is 24.5 Å². The molecule has 2 N–H and O–H groups in total. The standard InChI is InChI=1S/C24H29N3O/c28-19-12-10-18(11-13-19)25-16-17-27-23-9-2-1-7-22(23)26-21-8-5-6-20(21)24(27)14-3-4-15-24/h1-2,7,9-13,20,25,28H,3-6,8,14-17H2. The van der Waals surface area contributed by atoms with E-state index in [1.54, 1.807) is 12.1 Å². The van der Waals surface area contributed by atoms with Gasteiger partial charge in [0, 0.05) is 35.9 Å². The van der Waals surface area contributed by atoms with Crippen LogP contribution in [0.15, 0.2) is 53.5 Å². The maximum Gasteiger partial charge on any atom is 0.115 e. The molecule has 0 bridgehead atoms. The Morgan fingerprint density at radius 2 is 1.82 bits per heavy atom. The fourth-order valence-corrected chi connectivity index (χ4v) is 5.75. The van der Waals surface area contributed by atoms with Crippen LogP contribution in [-0.4, -0.2) is 29.4 Å². The van der Waals surface area contributed by atoms with E-state index in [0.29, 0.717) is 11.7 Å². The minimum absolute atomic E-state index is 0.235. The van der Waals surface area contributed by atoms with Gasteiger partial charge in [0.05, 0.1) is 11.4 Å². The van der Waals surface area contributed by atoms with Crippen molar-refractivity contribution in [2.24, 2.45) is 10.9 Å². The first-order valence-corrected chi connectivity index (χ1v) is 10.7. The zero-order valence-corrected chi connectivity index (χ0v) is 16.4. The molecule has 2 aromatic carbocycles. The highest BCUT2D eigenvalue weighted by Gasteiger charge is 2.50. The molecule has 1 heterocycles. The average Bonchev–Trinajstić information content (AvgIpc) is 3.36. The Kier molecular flexibility index (Phi) is 4.50. The first-order chi connectivity index (χ1) is 13.8. The molecular formula is C24H29N3O. The predicted octanol–water partition coefficient (Wildman–Crippen LogP) is 5.51. The Morgan fingerprint density at radius 3 is 2.64 bits per heavy atom. The lowest BCUT2D eigenvalue weighted by atomic mass is 9.78. The number of phenolic OH excluding ortho intramolecular Hbond substituents is 1. The smallest absolute Gasteiger partial charge is 0.115 e. The number of aromatic hydroxyl groups is 1. The number of para-hydroxylation sites is 2. The van der Waals surface area contributed by atoms with E-state index in [4.69, 9.17) is 4.99 Å². The highest BCUT2D eigenvalue weighted by atomic mass is 16.3. The second kappa shape index (κ2) is 7.16. The molecule has 146 valence electrons. The van der Waals surface area contributed by atoms with Crippen molar-refractivity contribution in [2.45, 2.75) is 50.5 Å². The van der Waals surface area contributed by atoms with Gasteiger partial charge in [0.25, 0.3) is 0 Å². The fraction of sp³-hybridized carbons (Fsp3) is 0.458. The van der Waals surface area contributed by atoms with Crippen molar-refractivity contribution < 1.29 is 5.11 Å². The lowest BCUT2D eigenvalue weighted by molar-refractivity contribution is 0.316. The van der Waals surface area contributed by atoms with Crippen LogP contribution in [0, 0.1) is 5.92 Å². The zero-order chi connectivity index (χ0) is 19.0. The van der Waals surface area contributed by atoms with Crippen LogP contribution in [0.4, 0.5) is 17.1 Å². The highest BCUT2D eigenvalue weighted by molar-refractivity contribution is 5.95. The SMILES string of the molecule is Oc1ccc(NCCN2c3ccccc3N=C3CCCC3C23CCCC3)cc1. The molecule has 1 spiro atoms. The van der Waals surface area contributed by atoms with Gasteiger partial charge in [-0.3, -0.25) is 4.99 Å². The summed E-state index contributed by atoms with van der Waals surface area (Å²) >= 11 is 0. The molecule has 0 saturated heterocycles. The van der Waals surface area contributed by atoms with Crippen LogP contribution in [-0.2, 0) is 0 Å². The number of rotatable bonds is 4. The second-order valence-electron chi connectivity index (χ2n) is 8.47. The third-order valence-electron chi connectivity index (χ3n) is 6.95. The summed E-state index contributed by atoms with van der Waals surface area (Å²) in [5, 5.41) is 13.1. The van der Waals surface area contributed by atoms with Crippen LogP contribution in [0.25, 0.3) is 0 Å². The number of phenols is 1. The number of nitrogens with one attached hydrogen (secondary N) is 1. The highest BCUT2D eigenvalue weighted by Crippen LogP contribution is 2.52. The fourth-order valence-electron chi connectivity index (χ4n) is 5.75. The van der Waals surface area contributed by atoms with E-state index in [-0.39, 0.29) is 5.54 Å². The summed E-state index contributed by atoms with van der Waals surface area (Å²) in [7, 11) is 0. The number of anilines is 2. The van der Waals surface area contributed by atoms with Gasteiger partial charge in [0.2, 0.25) is 0 Å². The summed E-state index contributed by atoms with van der Waals surface area (Å²) < 4.78 is 0. The third-order valence-corrected chi connectivity index (χ3v) is 6.95. The summed E-state index contributed by atoms with van der Waals surface area (Å²) in [4.78, 5) is 7.88. The van der Waals surface area contributed by atoms with Crippen LogP contribution in [0.5, 0.6) is 5.75 Å². The average molecular weight is 376 g/mol. The Morgan fingerprint density at radius 1 is 1.04 bits per heavy atom. The molecule has 4 heteroatoms. The summed E-state index contributed by atoms with van der Waals surface area (Å²) in [6.45, 7) is 1.85. The maximum absolute atomic E-state index is 9.50. The molecule has 1 atom stereocenters. The zero-order valence-electron chi connectivity index (χ0n) is 16.4. The van der Waals surface area contributed by atoms with Crippen LogP contribution in [0.1, 0.15) is 44.9 Å². The number of aliphatic imine (C=N–C) groups is 1. The van der Waals surface area contributed by atoms with Crippen molar-refractivity contribution in [1.82, 2.24) is 0 Å². The molecule has 1 aliphatic heterocycles. The van der Waals surface area contributed by atoms with Crippen LogP contribution >= 0.6 is 0 Å². The molecule has 2 saturated carbocycles. The number of hydrogen-bond donors (Lipinski definition) is 2. The van der Waals surface area contributed by atoms with Gasteiger partial charge in [-0.25, -0.2) is 0 Å². The Balaban J connectivity index is 1.46. The molecule has 28 heavy (non-hydrogen) atoms.